The summed E-state index contributed by atoms with van der Waals surface area (Å²) in [6.45, 7) is 1.33. The molecule has 1 aliphatic heterocycles. The fraction of sp³-hybridized carbons (Fsp3) is 0.364. The van der Waals surface area contributed by atoms with E-state index in [9.17, 15) is 9.59 Å². The van der Waals surface area contributed by atoms with Crippen molar-refractivity contribution in [2.24, 2.45) is 5.92 Å². The lowest BCUT2D eigenvalue weighted by atomic mass is 10.0. The summed E-state index contributed by atoms with van der Waals surface area (Å²) in [4.78, 5) is 26.9. The summed E-state index contributed by atoms with van der Waals surface area (Å²) in [6.07, 6.45) is 8.90. The highest BCUT2D eigenvalue weighted by atomic mass is 16.2. The Morgan fingerprint density at radius 1 is 0.933 bits per heavy atom. The first-order chi connectivity index (χ1) is 14.7. The Morgan fingerprint density at radius 2 is 1.70 bits per heavy atom. The van der Waals surface area contributed by atoms with Crippen molar-refractivity contribution in [3.8, 4) is 5.69 Å². The average molecular weight is 404 g/mol. The topological polar surface area (TPSA) is 85.0 Å². The van der Waals surface area contributed by atoms with Gasteiger partial charge >= 0.3 is 0 Å². The van der Waals surface area contributed by atoms with E-state index in [0.29, 0.717) is 18.7 Å². The van der Waals surface area contributed by atoms with Crippen LogP contribution in [0.2, 0.25) is 0 Å². The molecule has 0 bridgehead atoms. The van der Waals surface area contributed by atoms with Crippen molar-refractivity contribution >= 4 is 17.6 Å². The lowest BCUT2D eigenvalue weighted by molar-refractivity contribution is -0.117. The molecule has 3 heterocycles. The lowest BCUT2D eigenvalue weighted by Crippen LogP contribution is -2.39. The first-order valence-corrected chi connectivity index (χ1v) is 10.4. The Balaban J connectivity index is 1.20. The van der Waals surface area contributed by atoms with E-state index >= 15 is 0 Å². The van der Waals surface area contributed by atoms with Crippen LogP contribution in [0.3, 0.4) is 0 Å². The molecule has 1 aromatic carbocycles. The maximum atomic E-state index is 12.9. The fourth-order valence-corrected chi connectivity index (χ4v) is 3.95. The van der Waals surface area contributed by atoms with Gasteiger partial charge in [0.25, 0.3) is 5.91 Å². The largest absolute Gasteiger partial charge is 0.338 e. The van der Waals surface area contributed by atoms with Crippen molar-refractivity contribution in [1.82, 2.24) is 24.5 Å². The number of carbonyl (C=O) groups is 2. The standard InChI is InChI=1S/C22H24N6O2/c29-21(16-2-3-16)25-20-8-12-24-28(20)19-9-14-26(15-10-19)22(30)17-4-6-18(7-5-17)27-13-1-11-23-27/h1,4-8,11-13,16,19H,2-3,9-10,14-15H2,(H,25,29). The van der Waals surface area contributed by atoms with Gasteiger partial charge in [-0.3, -0.25) is 9.59 Å². The number of anilines is 1. The Hall–Kier alpha value is -3.42. The van der Waals surface area contributed by atoms with Crippen LogP contribution < -0.4 is 5.32 Å². The molecule has 8 nitrogen and oxygen atoms in total. The van der Waals surface area contributed by atoms with E-state index in [0.717, 1.165) is 37.2 Å². The highest BCUT2D eigenvalue weighted by Gasteiger charge is 2.31. The summed E-state index contributed by atoms with van der Waals surface area (Å²) in [5.41, 5.74) is 1.61. The molecule has 0 unspecified atom stereocenters. The van der Waals surface area contributed by atoms with Gasteiger partial charge in [0.15, 0.2) is 0 Å². The molecule has 0 spiro atoms. The molecule has 2 aliphatic rings. The second kappa shape index (κ2) is 7.78. The minimum atomic E-state index is 0.0446. The summed E-state index contributed by atoms with van der Waals surface area (Å²) < 4.78 is 3.67. The van der Waals surface area contributed by atoms with Crippen molar-refractivity contribution in [2.45, 2.75) is 31.7 Å². The molecule has 3 aromatic rings. The third-order valence-electron chi connectivity index (χ3n) is 5.85. The normalized spacial score (nSPS) is 17.1. The van der Waals surface area contributed by atoms with E-state index in [1.165, 1.54) is 0 Å². The van der Waals surface area contributed by atoms with Gasteiger partial charge in [-0.1, -0.05) is 0 Å². The van der Waals surface area contributed by atoms with Gasteiger partial charge in [0.05, 0.1) is 17.9 Å². The van der Waals surface area contributed by atoms with Crippen LogP contribution >= 0.6 is 0 Å². The van der Waals surface area contributed by atoms with Crippen LogP contribution in [0.5, 0.6) is 0 Å². The summed E-state index contributed by atoms with van der Waals surface area (Å²) >= 11 is 0. The number of hydrogen-bond acceptors (Lipinski definition) is 4. The number of nitrogens with one attached hydrogen (secondary N) is 1. The van der Waals surface area contributed by atoms with E-state index in [-0.39, 0.29) is 23.8 Å². The molecule has 154 valence electrons. The number of piperidine rings is 1. The van der Waals surface area contributed by atoms with E-state index in [1.54, 1.807) is 17.1 Å². The second-order valence-electron chi connectivity index (χ2n) is 7.95. The van der Waals surface area contributed by atoms with Gasteiger partial charge in [0.1, 0.15) is 5.82 Å². The molecule has 2 amide bonds. The molecule has 2 aromatic heterocycles. The first kappa shape index (κ1) is 18.6. The maximum Gasteiger partial charge on any atom is 0.253 e. The quantitative estimate of drug-likeness (QED) is 0.709. The molecular weight excluding hydrogens is 380 g/mol. The van der Waals surface area contributed by atoms with Crippen molar-refractivity contribution in [1.29, 1.82) is 0 Å². The summed E-state index contributed by atoms with van der Waals surface area (Å²) in [5.74, 6) is 1.05. The second-order valence-corrected chi connectivity index (χ2v) is 7.95. The van der Waals surface area contributed by atoms with E-state index in [4.69, 9.17) is 0 Å². The van der Waals surface area contributed by atoms with Crippen LogP contribution in [0, 0.1) is 5.92 Å². The smallest absolute Gasteiger partial charge is 0.253 e. The van der Waals surface area contributed by atoms with Gasteiger partial charge in [-0.15, -0.1) is 0 Å². The van der Waals surface area contributed by atoms with Gasteiger partial charge in [-0.05, 0) is 56.0 Å². The van der Waals surface area contributed by atoms with Crippen molar-refractivity contribution < 1.29 is 9.59 Å². The van der Waals surface area contributed by atoms with Crippen LogP contribution in [0.4, 0.5) is 5.82 Å². The minimum absolute atomic E-state index is 0.0446. The van der Waals surface area contributed by atoms with Gasteiger partial charge in [0, 0.05) is 43.0 Å². The highest BCUT2D eigenvalue weighted by molar-refractivity contribution is 5.94. The third-order valence-corrected chi connectivity index (χ3v) is 5.85. The number of amides is 2. The van der Waals surface area contributed by atoms with Gasteiger partial charge in [-0.25, -0.2) is 9.36 Å². The maximum absolute atomic E-state index is 12.9. The zero-order valence-corrected chi connectivity index (χ0v) is 16.6. The Kier molecular flexibility index (Phi) is 4.82. The molecule has 1 saturated heterocycles. The number of carbonyl (C=O) groups excluding carboxylic acids is 2. The molecular formula is C22H24N6O2. The SMILES string of the molecule is O=C(Nc1ccnn1C1CCN(C(=O)c2ccc(-n3cccn3)cc2)CC1)C1CC1. The molecule has 0 atom stereocenters. The lowest BCUT2D eigenvalue weighted by Gasteiger charge is -2.32. The fourth-order valence-electron chi connectivity index (χ4n) is 3.95. The van der Waals surface area contributed by atoms with Gasteiger partial charge < -0.3 is 10.2 Å². The zero-order valence-electron chi connectivity index (χ0n) is 16.6. The minimum Gasteiger partial charge on any atom is -0.338 e. The Morgan fingerprint density at radius 3 is 2.37 bits per heavy atom. The number of aromatic nitrogens is 4. The summed E-state index contributed by atoms with van der Waals surface area (Å²) in [6, 6.07) is 11.4. The summed E-state index contributed by atoms with van der Waals surface area (Å²) in [5, 5.41) is 11.6. The molecule has 1 N–H and O–H groups in total. The van der Waals surface area contributed by atoms with E-state index < -0.39 is 0 Å². The molecule has 2 fully saturated rings. The molecule has 1 saturated carbocycles. The van der Waals surface area contributed by atoms with Gasteiger partial charge in [-0.2, -0.15) is 10.2 Å². The number of benzene rings is 1. The zero-order chi connectivity index (χ0) is 20.5. The number of hydrogen-bond donors (Lipinski definition) is 1. The third kappa shape index (κ3) is 3.72. The van der Waals surface area contributed by atoms with Crippen molar-refractivity contribution in [3.05, 3.63) is 60.6 Å². The molecule has 5 rings (SSSR count). The number of rotatable bonds is 5. The monoisotopic (exact) mass is 404 g/mol. The van der Waals surface area contributed by atoms with Crippen LogP contribution in [-0.2, 0) is 4.79 Å². The highest BCUT2D eigenvalue weighted by Crippen LogP contribution is 2.31. The van der Waals surface area contributed by atoms with E-state index in [1.807, 2.05) is 52.2 Å². The van der Waals surface area contributed by atoms with Crippen molar-refractivity contribution in [3.63, 3.8) is 0 Å². The van der Waals surface area contributed by atoms with Crippen LogP contribution in [-0.4, -0.2) is 49.4 Å². The molecule has 8 heteroatoms. The first-order valence-electron chi connectivity index (χ1n) is 10.4. The van der Waals surface area contributed by atoms with Crippen LogP contribution in [0.1, 0.15) is 42.1 Å². The van der Waals surface area contributed by atoms with E-state index in [2.05, 4.69) is 15.5 Å². The van der Waals surface area contributed by atoms with Crippen LogP contribution in [0.25, 0.3) is 5.69 Å². The Labute approximate surface area is 174 Å². The molecule has 1 aliphatic carbocycles. The van der Waals surface area contributed by atoms with Gasteiger partial charge in [0.2, 0.25) is 5.91 Å². The predicted molar refractivity (Wildman–Crippen MR) is 111 cm³/mol. The number of nitrogens with zero attached hydrogens (tertiary/aromatic N) is 5. The number of likely N-dealkylation sites (tertiary alicyclic amines) is 1. The average Bonchev–Trinajstić information content (AvgIpc) is 3.30. The van der Waals surface area contributed by atoms with Crippen LogP contribution in [0.15, 0.2) is 55.0 Å². The predicted octanol–water partition coefficient (Wildman–Crippen LogP) is 2.89. The molecule has 30 heavy (non-hydrogen) atoms. The Bertz CT molecular complexity index is 1030. The summed E-state index contributed by atoms with van der Waals surface area (Å²) in [7, 11) is 0. The van der Waals surface area contributed by atoms with Crippen molar-refractivity contribution in [2.75, 3.05) is 18.4 Å². The molecule has 0 radical (unpaired) electrons.